The van der Waals surface area contributed by atoms with Crippen LogP contribution in [0.2, 0.25) is 0 Å². The summed E-state index contributed by atoms with van der Waals surface area (Å²) < 4.78 is 1.12. The van der Waals surface area contributed by atoms with E-state index < -0.39 is 5.60 Å². The molecule has 2 nitrogen and oxygen atoms in total. The fourth-order valence-electron chi connectivity index (χ4n) is 1.97. The van der Waals surface area contributed by atoms with Gasteiger partial charge in [-0.05, 0) is 19.8 Å². The minimum absolute atomic E-state index is 0. The van der Waals surface area contributed by atoms with Crippen molar-refractivity contribution in [1.82, 2.24) is 0 Å². The van der Waals surface area contributed by atoms with Crippen molar-refractivity contribution in [3.63, 3.8) is 0 Å². The number of aliphatic hydroxyl groups is 1. The van der Waals surface area contributed by atoms with Gasteiger partial charge in [-0.3, -0.25) is 0 Å². The largest absolute Gasteiger partial charge is 1.00 e. The molecule has 1 N–H and O–H groups in total. The van der Waals surface area contributed by atoms with E-state index >= 15 is 0 Å². The minimum Gasteiger partial charge on any atom is -1.00 e. The lowest BCUT2D eigenvalue weighted by Crippen LogP contribution is -3.00. The van der Waals surface area contributed by atoms with E-state index in [1.165, 1.54) is 13.1 Å². The molecular formula is C10H22BrNO. The summed E-state index contributed by atoms with van der Waals surface area (Å²) in [7, 11) is 4.53. The average Bonchev–Trinajstić information content (AvgIpc) is 1.83. The van der Waals surface area contributed by atoms with E-state index in [1.807, 2.05) is 13.8 Å². The Balaban J connectivity index is 0.00000144. The van der Waals surface area contributed by atoms with Crippen LogP contribution in [-0.2, 0) is 0 Å². The molecule has 1 aliphatic rings. The number of hydrogen-bond acceptors (Lipinski definition) is 1. The Morgan fingerprint density at radius 1 is 1.15 bits per heavy atom. The standard InChI is InChI=1S/C10H22NO.BrH/c1-10(2,12)9-5-7-11(3,4)8-6-9;/h9,12H,5-8H2,1-4H3;1H/q+1;/p-1. The van der Waals surface area contributed by atoms with Crippen LogP contribution in [0.1, 0.15) is 26.7 Å². The smallest absolute Gasteiger partial charge is 0.0786 e. The lowest BCUT2D eigenvalue weighted by molar-refractivity contribution is -0.896. The Morgan fingerprint density at radius 2 is 1.54 bits per heavy atom. The van der Waals surface area contributed by atoms with Gasteiger partial charge < -0.3 is 26.6 Å². The highest BCUT2D eigenvalue weighted by molar-refractivity contribution is 4.79. The van der Waals surface area contributed by atoms with E-state index in [4.69, 9.17) is 0 Å². The van der Waals surface area contributed by atoms with Gasteiger partial charge in [0, 0.05) is 12.8 Å². The number of nitrogens with zero attached hydrogens (tertiary/aromatic N) is 1. The highest BCUT2D eigenvalue weighted by Gasteiger charge is 2.34. The second-order valence-corrected chi connectivity index (χ2v) is 5.31. The van der Waals surface area contributed by atoms with Crippen LogP contribution in [0.15, 0.2) is 0 Å². The molecule has 80 valence electrons. The summed E-state index contributed by atoms with van der Waals surface area (Å²) >= 11 is 0. The van der Waals surface area contributed by atoms with Crippen LogP contribution in [0.3, 0.4) is 0 Å². The molecule has 0 aromatic rings. The fourth-order valence-corrected chi connectivity index (χ4v) is 1.97. The third kappa shape index (κ3) is 3.96. The SMILES string of the molecule is CC(C)(O)C1CC[N+](C)(C)CC1.[Br-]. The predicted octanol–water partition coefficient (Wildman–Crippen LogP) is -1.75. The molecule has 0 bridgehead atoms. The number of piperidine rings is 1. The molecule has 1 rings (SSSR count). The normalized spacial score (nSPS) is 23.8. The van der Waals surface area contributed by atoms with Gasteiger partial charge in [0.2, 0.25) is 0 Å². The molecule has 3 heteroatoms. The number of quaternary nitrogens is 1. The summed E-state index contributed by atoms with van der Waals surface area (Å²) in [4.78, 5) is 0. The number of likely N-dealkylation sites (tertiary alicyclic amines) is 1. The second kappa shape index (κ2) is 4.28. The number of hydrogen-bond donors (Lipinski definition) is 1. The molecule has 0 radical (unpaired) electrons. The second-order valence-electron chi connectivity index (χ2n) is 5.31. The number of halogens is 1. The third-order valence-electron chi connectivity index (χ3n) is 3.16. The molecule has 0 unspecified atom stereocenters. The number of rotatable bonds is 1. The van der Waals surface area contributed by atoms with Gasteiger partial charge in [-0.25, -0.2) is 0 Å². The molecule has 0 aromatic heterocycles. The maximum atomic E-state index is 9.81. The molecule has 1 fully saturated rings. The third-order valence-corrected chi connectivity index (χ3v) is 3.16. The molecule has 1 aliphatic heterocycles. The van der Waals surface area contributed by atoms with Crippen LogP contribution in [0.4, 0.5) is 0 Å². The zero-order valence-electron chi connectivity index (χ0n) is 9.18. The quantitative estimate of drug-likeness (QED) is 0.549. The van der Waals surface area contributed by atoms with Crippen molar-refractivity contribution in [2.24, 2.45) is 5.92 Å². The van der Waals surface area contributed by atoms with Gasteiger partial charge >= 0.3 is 0 Å². The van der Waals surface area contributed by atoms with Gasteiger partial charge in [0.25, 0.3) is 0 Å². The first kappa shape index (κ1) is 13.4. The van der Waals surface area contributed by atoms with Gasteiger partial charge in [-0.15, -0.1) is 0 Å². The van der Waals surface area contributed by atoms with E-state index in [2.05, 4.69) is 14.1 Å². The Hall–Kier alpha value is 0.400. The van der Waals surface area contributed by atoms with E-state index in [9.17, 15) is 5.11 Å². The molecular weight excluding hydrogens is 230 g/mol. The maximum absolute atomic E-state index is 9.81. The van der Waals surface area contributed by atoms with E-state index in [1.54, 1.807) is 0 Å². The summed E-state index contributed by atoms with van der Waals surface area (Å²) in [5.74, 6) is 0.503. The minimum atomic E-state index is -0.472. The summed E-state index contributed by atoms with van der Waals surface area (Å²) in [5.41, 5.74) is -0.472. The van der Waals surface area contributed by atoms with Crippen LogP contribution in [0, 0.1) is 5.92 Å². The van der Waals surface area contributed by atoms with Crippen molar-refractivity contribution in [2.45, 2.75) is 32.3 Å². The fraction of sp³-hybridized carbons (Fsp3) is 1.00. The molecule has 0 spiro atoms. The van der Waals surface area contributed by atoms with Gasteiger partial charge in [0.1, 0.15) is 0 Å². The van der Waals surface area contributed by atoms with Crippen molar-refractivity contribution < 1.29 is 26.6 Å². The van der Waals surface area contributed by atoms with Crippen LogP contribution in [0.25, 0.3) is 0 Å². The lowest BCUT2D eigenvalue weighted by Gasteiger charge is -2.41. The van der Waals surface area contributed by atoms with Crippen molar-refractivity contribution in [3.8, 4) is 0 Å². The highest BCUT2D eigenvalue weighted by Crippen LogP contribution is 2.29. The summed E-state index contributed by atoms with van der Waals surface area (Å²) in [6.45, 7) is 6.27. The maximum Gasteiger partial charge on any atom is 0.0786 e. The molecule has 0 aliphatic carbocycles. The van der Waals surface area contributed by atoms with Gasteiger partial charge in [0.05, 0.1) is 32.8 Å². The molecule has 0 saturated carbocycles. The van der Waals surface area contributed by atoms with Gasteiger partial charge in [0.15, 0.2) is 0 Å². The van der Waals surface area contributed by atoms with E-state index in [-0.39, 0.29) is 17.0 Å². The van der Waals surface area contributed by atoms with Crippen LogP contribution in [-0.4, -0.2) is 42.4 Å². The Morgan fingerprint density at radius 3 is 1.85 bits per heavy atom. The van der Waals surface area contributed by atoms with Crippen molar-refractivity contribution in [1.29, 1.82) is 0 Å². The predicted molar refractivity (Wildman–Crippen MR) is 50.9 cm³/mol. The molecule has 13 heavy (non-hydrogen) atoms. The zero-order valence-corrected chi connectivity index (χ0v) is 10.8. The summed E-state index contributed by atoms with van der Waals surface area (Å²) in [5, 5.41) is 9.81. The Labute approximate surface area is 92.3 Å². The van der Waals surface area contributed by atoms with Crippen molar-refractivity contribution in [2.75, 3.05) is 27.2 Å². The highest BCUT2D eigenvalue weighted by atomic mass is 79.9. The van der Waals surface area contributed by atoms with Crippen molar-refractivity contribution >= 4 is 0 Å². The van der Waals surface area contributed by atoms with Crippen LogP contribution in [0.5, 0.6) is 0 Å². The van der Waals surface area contributed by atoms with E-state index in [0.29, 0.717) is 5.92 Å². The zero-order chi connectivity index (χ0) is 9.41. The van der Waals surface area contributed by atoms with Crippen LogP contribution >= 0.6 is 0 Å². The molecule has 0 aromatic carbocycles. The van der Waals surface area contributed by atoms with Gasteiger partial charge in [-0.1, -0.05) is 0 Å². The molecule has 0 amide bonds. The first-order valence-corrected chi connectivity index (χ1v) is 4.86. The molecule has 1 heterocycles. The summed E-state index contributed by atoms with van der Waals surface area (Å²) in [6.07, 6.45) is 2.33. The first-order valence-electron chi connectivity index (χ1n) is 4.86. The monoisotopic (exact) mass is 251 g/mol. The molecule has 0 atom stereocenters. The topological polar surface area (TPSA) is 20.2 Å². The summed E-state index contributed by atoms with van der Waals surface area (Å²) in [6, 6.07) is 0. The van der Waals surface area contributed by atoms with Gasteiger partial charge in [-0.2, -0.15) is 0 Å². The average molecular weight is 252 g/mol. The van der Waals surface area contributed by atoms with E-state index in [0.717, 1.165) is 17.3 Å². The van der Waals surface area contributed by atoms with Crippen LogP contribution < -0.4 is 17.0 Å². The van der Waals surface area contributed by atoms with Crippen molar-refractivity contribution in [3.05, 3.63) is 0 Å². The Kier molecular flexibility index (Phi) is 4.41. The first-order chi connectivity index (χ1) is 5.31. The Bertz CT molecular complexity index is 153. The lowest BCUT2D eigenvalue weighted by atomic mass is 9.82. The molecule has 1 saturated heterocycles.